The topological polar surface area (TPSA) is 103 Å². The van der Waals surface area contributed by atoms with Gasteiger partial charge in [-0.15, -0.1) is 0 Å². The quantitative estimate of drug-likeness (QED) is 0.0453. The Balaban J connectivity index is 2.30. The molecule has 0 spiro atoms. The van der Waals surface area contributed by atoms with Crippen molar-refractivity contribution < 1.29 is 19.1 Å². The predicted molar refractivity (Wildman–Crippen MR) is 190 cm³/mol. The van der Waals surface area contributed by atoms with Crippen LogP contribution in [0.1, 0.15) is 162 Å². The van der Waals surface area contributed by atoms with Crippen LogP contribution in [0.15, 0.2) is 10.3 Å². The number of rotatable bonds is 32. The summed E-state index contributed by atoms with van der Waals surface area (Å²) in [5, 5.41) is 4.12. The van der Waals surface area contributed by atoms with Crippen molar-refractivity contribution in [2.75, 3.05) is 36.6 Å². The second kappa shape index (κ2) is 31.1. The first-order valence-electron chi connectivity index (χ1n) is 18.2. The Labute approximate surface area is 283 Å². The molecule has 260 valence electrons. The molecule has 1 rings (SSSR count). The molecular formula is C35H64N4O4S2. The second-order valence-electron chi connectivity index (χ2n) is 11.9. The summed E-state index contributed by atoms with van der Waals surface area (Å²) < 4.78 is 10.9. The molecule has 1 N–H and O–H groups in total. The molecule has 8 nitrogen and oxygen atoms in total. The van der Waals surface area contributed by atoms with Gasteiger partial charge in [0, 0.05) is 6.54 Å². The van der Waals surface area contributed by atoms with Gasteiger partial charge in [0.2, 0.25) is 5.95 Å². The molecule has 0 amide bonds. The van der Waals surface area contributed by atoms with Gasteiger partial charge < -0.3 is 14.8 Å². The lowest BCUT2D eigenvalue weighted by atomic mass is 10.1. The van der Waals surface area contributed by atoms with E-state index in [1.54, 1.807) is 0 Å². The number of carbonyl (C=O) groups excluding carboxylic acids is 2. The number of thioether (sulfide) groups is 2. The zero-order valence-electron chi connectivity index (χ0n) is 28.9. The molecule has 1 aromatic heterocycles. The van der Waals surface area contributed by atoms with Crippen LogP contribution in [0.25, 0.3) is 0 Å². The Hall–Kier alpha value is -1.55. The maximum absolute atomic E-state index is 12.3. The molecule has 0 fully saturated rings. The summed E-state index contributed by atoms with van der Waals surface area (Å²) in [6, 6.07) is 0. The molecule has 0 saturated carbocycles. The van der Waals surface area contributed by atoms with Crippen molar-refractivity contribution >= 4 is 41.4 Å². The van der Waals surface area contributed by atoms with Crippen molar-refractivity contribution in [3.05, 3.63) is 0 Å². The third-order valence-corrected chi connectivity index (χ3v) is 9.21. The SMILES string of the molecule is CCCCCCCCCCCCOC(=O)CSc1nc(NCCCC)nc(SCC(=O)OCCCCCCCCCCCC)n1. The minimum Gasteiger partial charge on any atom is -0.465 e. The molecule has 0 aliphatic heterocycles. The Morgan fingerprint density at radius 2 is 0.867 bits per heavy atom. The summed E-state index contributed by atoms with van der Waals surface area (Å²) in [6.07, 6.45) is 27.0. The number of esters is 2. The lowest BCUT2D eigenvalue weighted by Gasteiger charge is -2.09. The van der Waals surface area contributed by atoms with Crippen LogP contribution in [0.2, 0.25) is 0 Å². The fourth-order valence-electron chi connectivity index (χ4n) is 4.80. The standard InChI is InChI=1S/C35H64N4O4S2/c1-4-7-10-12-14-16-18-20-22-24-27-42-31(40)29-44-34-37-33(36-26-9-6-3)38-35(39-34)45-30-32(41)43-28-25-23-21-19-17-15-13-11-8-5-2/h4-30H2,1-3H3,(H,36,37,38,39). The highest BCUT2D eigenvalue weighted by Gasteiger charge is 2.13. The van der Waals surface area contributed by atoms with E-state index in [2.05, 4.69) is 41.0 Å². The van der Waals surface area contributed by atoms with Gasteiger partial charge in [-0.05, 0) is 19.3 Å². The molecule has 0 atom stereocenters. The summed E-state index contributed by atoms with van der Waals surface area (Å²) in [6.45, 7) is 8.28. The fraction of sp³-hybridized carbons (Fsp3) is 0.857. The van der Waals surface area contributed by atoms with Crippen LogP contribution in [-0.2, 0) is 19.1 Å². The zero-order chi connectivity index (χ0) is 32.6. The van der Waals surface area contributed by atoms with Crippen molar-refractivity contribution in [3.8, 4) is 0 Å². The number of carbonyl (C=O) groups is 2. The molecule has 0 aliphatic carbocycles. The summed E-state index contributed by atoms with van der Waals surface area (Å²) in [5.41, 5.74) is 0. The van der Waals surface area contributed by atoms with Crippen molar-refractivity contribution in [3.63, 3.8) is 0 Å². The Kier molecular flexibility index (Phi) is 28.6. The van der Waals surface area contributed by atoms with E-state index in [4.69, 9.17) is 9.47 Å². The first-order valence-corrected chi connectivity index (χ1v) is 20.1. The third-order valence-electron chi connectivity index (χ3n) is 7.57. The van der Waals surface area contributed by atoms with Crippen LogP contribution in [0.5, 0.6) is 0 Å². The number of nitrogens with zero attached hydrogens (tertiary/aromatic N) is 3. The number of hydrogen-bond acceptors (Lipinski definition) is 10. The number of nitrogens with one attached hydrogen (secondary N) is 1. The molecule has 0 saturated heterocycles. The van der Waals surface area contributed by atoms with Gasteiger partial charge in [0.25, 0.3) is 0 Å². The number of aromatic nitrogens is 3. The van der Waals surface area contributed by atoms with Crippen molar-refractivity contribution in [1.82, 2.24) is 15.0 Å². The van der Waals surface area contributed by atoms with Crippen LogP contribution < -0.4 is 5.32 Å². The summed E-state index contributed by atoms with van der Waals surface area (Å²) in [5.74, 6) is 0.214. The molecule has 1 heterocycles. The van der Waals surface area contributed by atoms with Gasteiger partial charge in [-0.1, -0.05) is 166 Å². The smallest absolute Gasteiger partial charge is 0.316 e. The average Bonchev–Trinajstić information content (AvgIpc) is 3.04. The number of unbranched alkanes of at least 4 members (excludes halogenated alkanes) is 19. The van der Waals surface area contributed by atoms with E-state index in [1.807, 2.05) is 0 Å². The van der Waals surface area contributed by atoms with Crippen molar-refractivity contribution in [2.45, 2.75) is 172 Å². The highest BCUT2D eigenvalue weighted by molar-refractivity contribution is 8.00. The minimum absolute atomic E-state index is 0.140. The first-order chi connectivity index (χ1) is 22.1. The van der Waals surface area contributed by atoms with Crippen LogP contribution in [0.3, 0.4) is 0 Å². The molecule has 0 unspecified atom stereocenters. The minimum atomic E-state index is -0.262. The maximum Gasteiger partial charge on any atom is 0.316 e. The van der Waals surface area contributed by atoms with Gasteiger partial charge in [-0.3, -0.25) is 9.59 Å². The van der Waals surface area contributed by atoms with Crippen LogP contribution in [0, 0.1) is 0 Å². The second-order valence-corrected chi connectivity index (χ2v) is 13.8. The van der Waals surface area contributed by atoms with Gasteiger partial charge in [-0.2, -0.15) is 15.0 Å². The van der Waals surface area contributed by atoms with Crippen LogP contribution >= 0.6 is 23.5 Å². The first kappa shape index (κ1) is 41.5. The normalized spacial score (nSPS) is 11.1. The van der Waals surface area contributed by atoms with Gasteiger partial charge in [-0.25, -0.2) is 0 Å². The molecule has 0 radical (unpaired) electrons. The van der Waals surface area contributed by atoms with E-state index < -0.39 is 0 Å². The van der Waals surface area contributed by atoms with E-state index in [9.17, 15) is 9.59 Å². The number of ether oxygens (including phenoxy) is 2. The van der Waals surface area contributed by atoms with Crippen LogP contribution in [-0.4, -0.2) is 58.2 Å². The van der Waals surface area contributed by atoms with Gasteiger partial charge in [0.05, 0.1) is 24.7 Å². The monoisotopic (exact) mass is 668 g/mol. The van der Waals surface area contributed by atoms with Crippen LogP contribution in [0.4, 0.5) is 5.95 Å². The van der Waals surface area contributed by atoms with Gasteiger partial charge in [0.15, 0.2) is 10.3 Å². The third kappa shape index (κ3) is 26.2. The Morgan fingerprint density at radius 1 is 0.511 bits per heavy atom. The van der Waals surface area contributed by atoms with E-state index in [-0.39, 0.29) is 23.4 Å². The largest absolute Gasteiger partial charge is 0.465 e. The lowest BCUT2D eigenvalue weighted by Crippen LogP contribution is -2.12. The van der Waals surface area contributed by atoms with Crippen molar-refractivity contribution in [2.24, 2.45) is 0 Å². The highest BCUT2D eigenvalue weighted by Crippen LogP contribution is 2.21. The zero-order valence-corrected chi connectivity index (χ0v) is 30.5. The molecule has 10 heteroatoms. The maximum atomic E-state index is 12.3. The molecule has 45 heavy (non-hydrogen) atoms. The highest BCUT2D eigenvalue weighted by atomic mass is 32.2. The van der Waals surface area contributed by atoms with Crippen molar-refractivity contribution in [1.29, 1.82) is 0 Å². The molecule has 0 aliphatic rings. The summed E-state index contributed by atoms with van der Waals surface area (Å²) in [4.78, 5) is 38.1. The van der Waals surface area contributed by atoms with E-state index in [0.717, 1.165) is 45.1 Å². The number of anilines is 1. The van der Waals surface area contributed by atoms with Gasteiger partial charge in [0.1, 0.15) is 0 Å². The predicted octanol–water partition coefficient (Wildman–Crippen LogP) is 10.2. The Bertz CT molecular complexity index is 803. The number of hydrogen-bond donors (Lipinski definition) is 1. The molecule has 1 aromatic rings. The molecule has 0 aromatic carbocycles. The molecule has 0 bridgehead atoms. The van der Waals surface area contributed by atoms with E-state index in [0.29, 0.717) is 29.5 Å². The summed E-state index contributed by atoms with van der Waals surface area (Å²) >= 11 is 2.47. The molecular weight excluding hydrogens is 605 g/mol. The lowest BCUT2D eigenvalue weighted by molar-refractivity contribution is -0.141. The van der Waals surface area contributed by atoms with E-state index in [1.165, 1.54) is 126 Å². The van der Waals surface area contributed by atoms with E-state index >= 15 is 0 Å². The fourth-order valence-corrected chi connectivity index (χ4v) is 6.13. The Morgan fingerprint density at radius 3 is 1.24 bits per heavy atom. The average molecular weight is 669 g/mol. The summed E-state index contributed by atoms with van der Waals surface area (Å²) in [7, 11) is 0. The van der Waals surface area contributed by atoms with Gasteiger partial charge >= 0.3 is 11.9 Å².